The lowest BCUT2D eigenvalue weighted by Crippen LogP contribution is -1.90. The normalized spacial score (nSPS) is 12.5. The fourth-order valence-electron chi connectivity index (χ4n) is 1.64. The minimum Gasteiger partial charge on any atom is -0.239 e. The molecule has 1 unspecified atom stereocenters. The maximum absolute atomic E-state index is 9.18. The Morgan fingerprint density at radius 3 is 2.79 bits per heavy atom. The summed E-state index contributed by atoms with van der Waals surface area (Å²) in [7, 11) is 0. The number of rotatable bonds is 4. The highest BCUT2D eigenvalue weighted by atomic mass is 79.9. The highest BCUT2D eigenvalue weighted by molar-refractivity contribution is 9.10. The number of allylic oxidation sites excluding steroid dienone is 2. The van der Waals surface area contributed by atoms with Crippen molar-refractivity contribution in [3.05, 3.63) is 51.3 Å². The van der Waals surface area contributed by atoms with Crippen LogP contribution in [0.25, 0.3) is 11.3 Å². The summed E-state index contributed by atoms with van der Waals surface area (Å²) in [5.74, 6) is -0.242. The molecule has 0 radical (unpaired) electrons. The van der Waals surface area contributed by atoms with Crippen LogP contribution in [0.5, 0.6) is 0 Å². The fraction of sp³-hybridized carbons (Fsp3) is 0.200. The van der Waals surface area contributed by atoms with E-state index >= 15 is 0 Å². The van der Waals surface area contributed by atoms with Crippen LogP contribution in [0.1, 0.15) is 24.3 Å². The van der Waals surface area contributed by atoms with Crippen LogP contribution in [-0.4, -0.2) is 4.98 Å². The second kappa shape index (κ2) is 6.65. The lowest BCUT2D eigenvalue weighted by molar-refractivity contribution is 1.04. The Kier molecular flexibility index (Phi) is 4.89. The maximum Gasteiger partial charge on any atom is 0.116 e. The first-order chi connectivity index (χ1) is 9.24. The largest absolute Gasteiger partial charge is 0.239 e. The third kappa shape index (κ3) is 3.52. The third-order valence-corrected chi connectivity index (χ3v) is 4.09. The molecule has 2 nitrogen and oxygen atoms in total. The molecule has 1 aromatic heterocycles. The van der Waals surface area contributed by atoms with Crippen molar-refractivity contribution in [2.75, 3.05) is 0 Å². The van der Waals surface area contributed by atoms with Crippen LogP contribution in [-0.2, 0) is 0 Å². The van der Waals surface area contributed by atoms with Gasteiger partial charge in [0.25, 0.3) is 0 Å². The zero-order valence-corrected chi connectivity index (χ0v) is 12.9. The Morgan fingerprint density at radius 1 is 1.42 bits per heavy atom. The Bertz CT molecular complexity index is 608. The Balaban J connectivity index is 2.25. The van der Waals surface area contributed by atoms with Crippen molar-refractivity contribution in [1.29, 1.82) is 5.26 Å². The van der Waals surface area contributed by atoms with Crippen LogP contribution in [0.15, 0.2) is 46.3 Å². The van der Waals surface area contributed by atoms with Gasteiger partial charge < -0.3 is 0 Å². The van der Waals surface area contributed by atoms with Crippen LogP contribution in [0.2, 0.25) is 0 Å². The van der Waals surface area contributed by atoms with Gasteiger partial charge in [-0.2, -0.15) is 5.26 Å². The molecule has 0 N–H and O–H groups in total. The van der Waals surface area contributed by atoms with Gasteiger partial charge in [-0.3, -0.25) is 0 Å². The standard InChI is InChI=1S/C15H13BrN2S/c1-2-3-4-12(9-17)15-18-14(10-19-15)11-5-7-13(16)8-6-11/h3-8,10,12H,2H2,1H3/b4-3+. The SMILES string of the molecule is CC/C=C/C(C#N)c1nc(-c2ccc(Br)cc2)cs1. The summed E-state index contributed by atoms with van der Waals surface area (Å²) >= 11 is 4.95. The van der Waals surface area contributed by atoms with Crippen molar-refractivity contribution in [2.45, 2.75) is 19.3 Å². The van der Waals surface area contributed by atoms with Gasteiger partial charge in [0, 0.05) is 15.4 Å². The molecule has 0 saturated carbocycles. The lowest BCUT2D eigenvalue weighted by atomic mass is 10.1. The first-order valence-electron chi connectivity index (χ1n) is 6.02. The Morgan fingerprint density at radius 2 is 2.16 bits per heavy atom. The highest BCUT2D eigenvalue weighted by Gasteiger charge is 2.12. The van der Waals surface area contributed by atoms with Crippen molar-refractivity contribution in [3.63, 3.8) is 0 Å². The third-order valence-electron chi connectivity index (χ3n) is 2.63. The van der Waals surface area contributed by atoms with E-state index in [0.717, 1.165) is 27.2 Å². The van der Waals surface area contributed by atoms with E-state index in [2.05, 4.69) is 33.9 Å². The molecular formula is C15H13BrN2S. The molecule has 96 valence electrons. The molecule has 1 heterocycles. The van der Waals surface area contributed by atoms with Gasteiger partial charge in [-0.25, -0.2) is 4.98 Å². The van der Waals surface area contributed by atoms with Gasteiger partial charge in [-0.1, -0.05) is 47.1 Å². The molecule has 0 saturated heterocycles. The minimum atomic E-state index is -0.242. The molecule has 0 aliphatic rings. The van der Waals surface area contributed by atoms with Gasteiger partial charge in [0.15, 0.2) is 0 Å². The summed E-state index contributed by atoms with van der Waals surface area (Å²) in [5, 5.41) is 12.0. The Labute approximate surface area is 125 Å². The number of hydrogen-bond acceptors (Lipinski definition) is 3. The number of hydrogen-bond donors (Lipinski definition) is 0. The minimum absolute atomic E-state index is 0.242. The number of thiazole rings is 1. The fourth-order valence-corrected chi connectivity index (χ4v) is 2.75. The van der Waals surface area contributed by atoms with Crippen molar-refractivity contribution in [1.82, 2.24) is 4.98 Å². The number of benzene rings is 1. The van der Waals surface area contributed by atoms with E-state index in [4.69, 9.17) is 0 Å². The molecule has 0 amide bonds. The summed E-state index contributed by atoms with van der Waals surface area (Å²) in [6.07, 6.45) is 4.86. The van der Waals surface area contributed by atoms with Gasteiger partial charge in [0.2, 0.25) is 0 Å². The van der Waals surface area contributed by atoms with Crippen LogP contribution in [0, 0.1) is 11.3 Å². The molecule has 0 aliphatic heterocycles. The van der Waals surface area contributed by atoms with E-state index < -0.39 is 0 Å². The van der Waals surface area contributed by atoms with Crippen molar-refractivity contribution >= 4 is 27.3 Å². The van der Waals surface area contributed by atoms with Crippen LogP contribution < -0.4 is 0 Å². The second-order valence-electron chi connectivity index (χ2n) is 4.02. The van der Waals surface area contributed by atoms with Gasteiger partial charge >= 0.3 is 0 Å². The smallest absolute Gasteiger partial charge is 0.116 e. The predicted octanol–water partition coefficient (Wildman–Crippen LogP) is 5.15. The van der Waals surface area contributed by atoms with Crippen LogP contribution >= 0.6 is 27.3 Å². The highest BCUT2D eigenvalue weighted by Crippen LogP contribution is 2.27. The number of nitriles is 1. The van der Waals surface area contributed by atoms with E-state index in [-0.39, 0.29) is 5.92 Å². The van der Waals surface area contributed by atoms with Crippen molar-refractivity contribution in [3.8, 4) is 17.3 Å². The van der Waals surface area contributed by atoms with E-state index in [1.165, 1.54) is 11.3 Å². The molecule has 0 fully saturated rings. The van der Waals surface area contributed by atoms with E-state index in [1.807, 2.05) is 41.8 Å². The zero-order chi connectivity index (χ0) is 13.7. The zero-order valence-electron chi connectivity index (χ0n) is 10.5. The summed E-state index contributed by atoms with van der Waals surface area (Å²) in [6.45, 7) is 2.06. The molecule has 2 aromatic rings. The molecule has 19 heavy (non-hydrogen) atoms. The molecule has 4 heteroatoms. The molecule has 0 bridgehead atoms. The van der Waals surface area contributed by atoms with Crippen LogP contribution in [0.4, 0.5) is 0 Å². The number of aromatic nitrogens is 1. The number of nitrogens with zero attached hydrogens (tertiary/aromatic N) is 2. The monoisotopic (exact) mass is 332 g/mol. The topological polar surface area (TPSA) is 36.7 Å². The molecule has 0 spiro atoms. The lowest BCUT2D eigenvalue weighted by Gasteiger charge is -1.98. The van der Waals surface area contributed by atoms with Gasteiger partial charge in [-0.15, -0.1) is 11.3 Å². The average molecular weight is 333 g/mol. The van der Waals surface area contributed by atoms with Gasteiger partial charge in [-0.05, 0) is 18.6 Å². The van der Waals surface area contributed by atoms with E-state index in [9.17, 15) is 5.26 Å². The molecular weight excluding hydrogens is 320 g/mol. The summed E-state index contributed by atoms with van der Waals surface area (Å²) < 4.78 is 1.05. The summed E-state index contributed by atoms with van der Waals surface area (Å²) in [5.41, 5.74) is 2.00. The summed E-state index contributed by atoms with van der Waals surface area (Å²) in [6, 6.07) is 10.3. The Hall–Kier alpha value is -1.44. The molecule has 0 aliphatic carbocycles. The molecule has 2 rings (SSSR count). The quantitative estimate of drug-likeness (QED) is 0.726. The van der Waals surface area contributed by atoms with Gasteiger partial charge in [0.1, 0.15) is 10.9 Å². The molecule has 1 aromatic carbocycles. The number of halogens is 1. The average Bonchev–Trinajstić information content (AvgIpc) is 2.90. The second-order valence-corrected chi connectivity index (χ2v) is 5.83. The van der Waals surface area contributed by atoms with E-state index in [1.54, 1.807) is 0 Å². The van der Waals surface area contributed by atoms with Crippen molar-refractivity contribution < 1.29 is 0 Å². The van der Waals surface area contributed by atoms with Gasteiger partial charge in [0.05, 0.1) is 11.8 Å². The van der Waals surface area contributed by atoms with Crippen LogP contribution in [0.3, 0.4) is 0 Å². The predicted molar refractivity (Wildman–Crippen MR) is 83.0 cm³/mol. The van der Waals surface area contributed by atoms with Crippen molar-refractivity contribution in [2.24, 2.45) is 0 Å². The first kappa shape index (κ1) is 14.0. The van der Waals surface area contributed by atoms with E-state index in [0.29, 0.717) is 0 Å². The first-order valence-corrected chi connectivity index (χ1v) is 7.69. The molecule has 1 atom stereocenters. The maximum atomic E-state index is 9.18. The summed E-state index contributed by atoms with van der Waals surface area (Å²) in [4.78, 5) is 4.56.